The van der Waals surface area contributed by atoms with Crippen LogP contribution in [-0.2, 0) is 10.0 Å². The van der Waals surface area contributed by atoms with E-state index in [1.165, 1.54) is 24.5 Å². The molecule has 7 heteroatoms. The Balaban J connectivity index is 2.31. The van der Waals surface area contributed by atoms with Crippen LogP contribution in [0.2, 0.25) is 0 Å². The van der Waals surface area contributed by atoms with Gasteiger partial charge in [-0.25, -0.2) is 8.42 Å². The van der Waals surface area contributed by atoms with E-state index in [1.54, 1.807) is 18.2 Å². The van der Waals surface area contributed by atoms with Gasteiger partial charge in [-0.2, -0.15) is 0 Å². The number of rotatable bonds is 3. The summed E-state index contributed by atoms with van der Waals surface area (Å²) in [5.74, 6) is 0. The largest absolute Gasteiger partial charge is 0.398 e. The first-order chi connectivity index (χ1) is 8.49. The number of hydrogen-bond donors (Lipinski definition) is 2. The lowest BCUT2D eigenvalue weighted by molar-refractivity contribution is 0.601. The second kappa shape index (κ2) is 4.95. The molecule has 0 aliphatic heterocycles. The Morgan fingerprint density at radius 3 is 2.67 bits per heavy atom. The number of sulfonamides is 1. The maximum absolute atomic E-state index is 12.0. The van der Waals surface area contributed by atoms with E-state index in [0.29, 0.717) is 15.8 Å². The summed E-state index contributed by atoms with van der Waals surface area (Å²) in [5, 5.41) is 0. The zero-order valence-corrected chi connectivity index (χ0v) is 11.6. The molecule has 0 amide bonds. The third-order valence-corrected chi connectivity index (χ3v) is 4.28. The van der Waals surface area contributed by atoms with Gasteiger partial charge in [0.2, 0.25) is 0 Å². The summed E-state index contributed by atoms with van der Waals surface area (Å²) in [6, 6.07) is 7.87. The molecule has 0 atom stereocenters. The van der Waals surface area contributed by atoms with Gasteiger partial charge >= 0.3 is 0 Å². The molecule has 0 fully saturated rings. The van der Waals surface area contributed by atoms with Crippen molar-refractivity contribution in [3.05, 3.63) is 47.2 Å². The first-order valence-electron chi connectivity index (χ1n) is 4.97. The smallest absolute Gasteiger partial charge is 0.263 e. The summed E-state index contributed by atoms with van der Waals surface area (Å²) in [4.78, 5) is 3.88. The minimum Gasteiger partial charge on any atom is -0.398 e. The monoisotopic (exact) mass is 327 g/mol. The molecule has 2 rings (SSSR count). The number of aromatic nitrogens is 1. The normalized spacial score (nSPS) is 11.2. The molecule has 5 nitrogen and oxygen atoms in total. The molecule has 2 aromatic rings. The molecule has 0 bridgehead atoms. The van der Waals surface area contributed by atoms with Gasteiger partial charge in [0.1, 0.15) is 4.90 Å². The van der Waals surface area contributed by atoms with Crippen molar-refractivity contribution in [1.82, 2.24) is 4.98 Å². The highest BCUT2D eigenvalue weighted by Crippen LogP contribution is 2.24. The topological polar surface area (TPSA) is 85.1 Å². The van der Waals surface area contributed by atoms with E-state index < -0.39 is 10.0 Å². The Labute approximate surface area is 113 Å². The van der Waals surface area contributed by atoms with Gasteiger partial charge in [0.15, 0.2) is 0 Å². The fraction of sp³-hybridized carbons (Fsp3) is 0. The van der Waals surface area contributed by atoms with Crippen LogP contribution in [0.5, 0.6) is 0 Å². The lowest BCUT2D eigenvalue weighted by atomic mass is 10.3. The quantitative estimate of drug-likeness (QED) is 0.846. The molecule has 0 saturated carbocycles. The number of nitrogens with zero attached hydrogens (tertiary/aromatic N) is 1. The standard InChI is InChI=1S/C11H10BrN3O2S/c12-10-4-3-8(6-11(10)13)15-18(16,17)9-2-1-5-14-7-9/h1-7,15H,13H2. The lowest BCUT2D eigenvalue weighted by Gasteiger charge is -2.08. The summed E-state index contributed by atoms with van der Waals surface area (Å²) in [7, 11) is -3.63. The van der Waals surface area contributed by atoms with Gasteiger partial charge in [-0.1, -0.05) is 0 Å². The van der Waals surface area contributed by atoms with Gasteiger partial charge in [-0.3, -0.25) is 9.71 Å². The van der Waals surface area contributed by atoms with Crippen LogP contribution < -0.4 is 10.5 Å². The van der Waals surface area contributed by atoms with E-state index in [1.807, 2.05) is 0 Å². The van der Waals surface area contributed by atoms with Crippen molar-refractivity contribution in [2.75, 3.05) is 10.5 Å². The number of benzene rings is 1. The fourth-order valence-corrected chi connectivity index (χ4v) is 2.59. The van der Waals surface area contributed by atoms with Crippen molar-refractivity contribution in [3.8, 4) is 0 Å². The van der Waals surface area contributed by atoms with Gasteiger partial charge in [0, 0.05) is 22.6 Å². The van der Waals surface area contributed by atoms with Crippen molar-refractivity contribution in [2.45, 2.75) is 4.90 Å². The number of halogens is 1. The Kier molecular flexibility index (Phi) is 3.53. The molecule has 1 aromatic heterocycles. The predicted octanol–water partition coefficient (Wildman–Crippen LogP) is 2.23. The summed E-state index contributed by atoms with van der Waals surface area (Å²) >= 11 is 3.24. The third kappa shape index (κ3) is 2.80. The molecule has 18 heavy (non-hydrogen) atoms. The maximum atomic E-state index is 12.0. The maximum Gasteiger partial charge on any atom is 0.263 e. The molecule has 94 valence electrons. The van der Waals surface area contributed by atoms with E-state index in [9.17, 15) is 8.42 Å². The van der Waals surface area contributed by atoms with E-state index >= 15 is 0 Å². The molecule has 0 aliphatic rings. The van der Waals surface area contributed by atoms with Gasteiger partial charge in [-0.05, 0) is 46.3 Å². The van der Waals surface area contributed by atoms with Gasteiger partial charge < -0.3 is 5.73 Å². The van der Waals surface area contributed by atoms with E-state index in [0.717, 1.165) is 0 Å². The molecular weight excluding hydrogens is 318 g/mol. The molecule has 0 unspecified atom stereocenters. The van der Waals surface area contributed by atoms with Crippen molar-refractivity contribution in [1.29, 1.82) is 0 Å². The molecule has 0 radical (unpaired) electrons. The number of anilines is 2. The van der Waals surface area contributed by atoms with Crippen molar-refractivity contribution in [2.24, 2.45) is 0 Å². The second-order valence-corrected chi connectivity index (χ2v) is 6.07. The Bertz CT molecular complexity index is 659. The van der Waals surface area contributed by atoms with E-state index in [4.69, 9.17) is 5.73 Å². The highest BCUT2D eigenvalue weighted by molar-refractivity contribution is 9.10. The van der Waals surface area contributed by atoms with Crippen LogP contribution in [0.4, 0.5) is 11.4 Å². The summed E-state index contributed by atoms with van der Waals surface area (Å²) < 4.78 is 27.1. The van der Waals surface area contributed by atoms with Crippen molar-refractivity contribution < 1.29 is 8.42 Å². The van der Waals surface area contributed by atoms with Gasteiger partial charge in [0.05, 0.1) is 5.69 Å². The Morgan fingerprint density at radius 2 is 2.06 bits per heavy atom. The first-order valence-corrected chi connectivity index (χ1v) is 7.24. The summed E-state index contributed by atoms with van der Waals surface area (Å²) in [5.41, 5.74) is 6.55. The molecule has 0 aliphatic carbocycles. The lowest BCUT2D eigenvalue weighted by Crippen LogP contribution is -2.13. The van der Waals surface area contributed by atoms with Crippen molar-refractivity contribution in [3.63, 3.8) is 0 Å². The summed E-state index contributed by atoms with van der Waals surface area (Å²) in [6.07, 6.45) is 2.79. The minimum atomic E-state index is -3.63. The molecule has 0 saturated heterocycles. The molecule has 3 N–H and O–H groups in total. The molecular formula is C11H10BrN3O2S. The number of nitrogen functional groups attached to an aromatic ring is 1. The van der Waals surface area contributed by atoms with Crippen LogP contribution in [0.3, 0.4) is 0 Å². The van der Waals surface area contributed by atoms with Gasteiger partial charge in [-0.15, -0.1) is 0 Å². The third-order valence-electron chi connectivity index (χ3n) is 2.19. The van der Waals surface area contributed by atoms with Crippen LogP contribution in [0.1, 0.15) is 0 Å². The van der Waals surface area contributed by atoms with Crippen LogP contribution >= 0.6 is 15.9 Å². The zero-order chi connectivity index (χ0) is 13.2. The molecule has 1 aromatic carbocycles. The molecule has 1 heterocycles. The van der Waals surface area contributed by atoms with E-state index in [-0.39, 0.29) is 4.90 Å². The average Bonchev–Trinajstić information content (AvgIpc) is 2.35. The van der Waals surface area contributed by atoms with Crippen LogP contribution in [-0.4, -0.2) is 13.4 Å². The molecule has 0 spiro atoms. The number of hydrogen-bond acceptors (Lipinski definition) is 4. The zero-order valence-electron chi connectivity index (χ0n) is 9.17. The minimum absolute atomic E-state index is 0.103. The van der Waals surface area contributed by atoms with Crippen LogP contribution in [0.25, 0.3) is 0 Å². The number of pyridine rings is 1. The summed E-state index contributed by atoms with van der Waals surface area (Å²) in [6.45, 7) is 0. The SMILES string of the molecule is Nc1cc(NS(=O)(=O)c2cccnc2)ccc1Br. The van der Waals surface area contributed by atoms with E-state index in [2.05, 4.69) is 25.6 Å². The average molecular weight is 328 g/mol. The van der Waals surface area contributed by atoms with Crippen molar-refractivity contribution >= 4 is 37.3 Å². The van der Waals surface area contributed by atoms with Gasteiger partial charge in [0.25, 0.3) is 10.0 Å². The first kappa shape index (κ1) is 12.8. The second-order valence-electron chi connectivity index (χ2n) is 3.53. The van der Waals surface area contributed by atoms with Crippen LogP contribution in [0.15, 0.2) is 52.1 Å². The van der Waals surface area contributed by atoms with Crippen LogP contribution in [0, 0.1) is 0 Å². The highest BCUT2D eigenvalue weighted by atomic mass is 79.9. The number of nitrogens with one attached hydrogen (secondary N) is 1. The highest BCUT2D eigenvalue weighted by Gasteiger charge is 2.14. The Morgan fingerprint density at radius 1 is 1.28 bits per heavy atom. The predicted molar refractivity (Wildman–Crippen MR) is 73.6 cm³/mol. The Hall–Kier alpha value is -1.60. The fourth-order valence-electron chi connectivity index (χ4n) is 1.33. The number of nitrogens with two attached hydrogens (primary N) is 1.